The Balaban J connectivity index is 1.44. The van der Waals surface area contributed by atoms with Crippen LogP contribution in [-0.2, 0) is 16.3 Å². The lowest BCUT2D eigenvalue weighted by Gasteiger charge is -2.08. The van der Waals surface area contributed by atoms with E-state index in [9.17, 15) is 23.3 Å². The molecule has 12 heteroatoms. The van der Waals surface area contributed by atoms with Gasteiger partial charge in [0.2, 0.25) is 5.89 Å². The van der Waals surface area contributed by atoms with Crippen LogP contribution in [0.4, 0.5) is 11.7 Å². The van der Waals surface area contributed by atoms with Crippen molar-refractivity contribution in [2.75, 3.05) is 5.32 Å². The summed E-state index contributed by atoms with van der Waals surface area (Å²) in [5.41, 5.74) is 0.717. The highest BCUT2D eigenvalue weighted by atomic mass is 32.2. The van der Waals surface area contributed by atoms with Crippen molar-refractivity contribution in [1.29, 1.82) is 0 Å². The Bertz CT molecular complexity index is 1460. The van der Waals surface area contributed by atoms with Crippen molar-refractivity contribution in [3.8, 4) is 0 Å². The van der Waals surface area contributed by atoms with Crippen molar-refractivity contribution >= 4 is 48.9 Å². The van der Waals surface area contributed by atoms with Crippen molar-refractivity contribution in [2.24, 2.45) is 0 Å². The molecule has 0 bridgehead atoms. The summed E-state index contributed by atoms with van der Waals surface area (Å²) in [6.45, 7) is 3.25. The van der Waals surface area contributed by atoms with E-state index in [0.717, 1.165) is 10.3 Å². The van der Waals surface area contributed by atoms with Crippen molar-refractivity contribution in [1.82, 2.24) is 10.2 Å². The van der Waals surface area contributed by atoms with Crippen molar-refractivity contribution < 1.29 is 22.6 Å². The summed E-state index contributed by atoms with van der Waals surface area (Å²) in [7, 11) is -3.35. The molecular weight excluding hydrogens is 468 g/mol. The fraction of sp³-hybridized carbons (Fsp3) is 0.190. The molecule has 0 aliphatic carbocycles. The first-order valence-electron chi connectivity index (χ1n) is 9.78. The number of fused-ring (bicyclic) bond motifs is 1. The number of hydrogen-bond acceptors (Lipinski definition) is 9. The summed E-state index contributed by atoms with van der Waals surface area (Å²) in [5, 5.41) is 21.3. The predicted octanol–water partition coefficient (Wildman–Crippen LogP) is 4.22. The van der Waals surface area contributed by atoms with Gasteiger partial charge in [0.1, 0.15) is 0 Å². The molecule has 4 rings (SSSR count). The molecule has 0 saturated carbocycles. The summed E-state index contributed by atoms with van der Waals surface area (Å²) in [5.74, 6) is -0.228. The standard InChI is InChI=1S/C21H18N4O6S2/c1-12(2)33(29,30)16-6-3-13(4-7-16)9-19-23-24-21(31-19)22-20(26)18-11-14-10-15(25(27)28)5-8-17(14)32-18/h3-8,10-12H,9H2,1-2H3,(H,22,24,26). The maximum Gasteiger partial charge on any atom is 0.322 e. The highest BCUT2D eigenvalue weighted by Gasteiger charge is 2.19. The number of nitro groups is 1. The molecule has 0 unspecified atom stereocenters. The number of anilines is 1. The third kappa shape index (κ3) is 4.76. The molecule has 0 atom stereocenters. The van der Waals surface area contributed by atoms with Crippen LogP contribution in [0.2, 0.25) is 0 Å². The molecule has 0 radical (unpaired) electrons. The molecule has 0 aliphatic rings. The lowest BCUT2D eigenvalue weighted by atomic mass is 10.1. The highest BCUT2D eigenvalue weighted by molar-refractivity contribution is 7.92. The first kappa shape index (κ1) is 22.6. The number of nitro benzene ring substituents is 1. The smallest absolute Gasteiger partial charge is 0.322 e. The van der Waals surface area contributed by atoms with Gasteiger partial charge in [0, 0.05) is 22.2 Å². The largest absolute Gasteiger partial charge is 0.407 e. The number of amides is 1. The number of carbonyl (C=O) groups excluding carboxylic acids is 1. The van der Waals surface area contributed by atoms with Gasteiger partial charge >= 0.3 is 6.01 Å². The molecule has 1 N–H and O–H groups in total. The number of benzene rings is 2. The van der Waals surface area contributed by atoms with E-state index in [-0.39, 0.29) is 28.9 Å². The van der Waals surface area contributed by atoms with Crippen LogP contribution in [0.3, 0.4) is 0 Å². The van der Waals surface area contributed by atoms with E-state index in [1.807, 2.05) is 0 Å². The summed E-state index contributed by atoms with van der Waals surface area (Å²) in [4.78, 5) is 23.6. The minimum atomic E-state index is -3.35. The quantitative estimate of drug-likeness (QED) is 0.302. The predicted molar refractivity (Wildman–Crippen MR) is 122 cm³/mol. The lowest BCUT2D eigenvalue weighted by molar-refractivity contribution is -0.384. The average Bonchev–Trinajstić information content (AvgIpc) is 3.40. The van der Waals surface area contributed by atoms with E-state index in [1.165, 1.54) is 35.6 Å². The third-order valence-corrected chi connectivity index (χ3v) is 8.13. The second kappa shape index (κ2) is 8.71. The van der Waals surface area contributed by atoms with Crippen LogP contribution in [0.1, 0.15) is 35.0 Å². The van der Waals surface area contributed by atoms with Gasteiger partial charge in [0.25, 0.3) is 11.6 Å². The summed E-state index contributed by atoms with van der Waals surface area (Å²) in [6, 6.07) is 12.3. The second-order valence-electron chi connectivity index (χ2n) is 7.46. The number of nitrogens with zero attached hydrogens (tertiary/aromatic N) is 3. The normalized spacial score (nSPS) is 11.7. The van der Waals surface area contributed by atoms with Crippen molar-refractivity contribution in [3.63, 3.8) is 0 Å². The van der Waals surface area contributed by atoms with Crippen LogP contribution in [0.15, 0.2) is 57.8 Å². The maximum atomic E-state index is 12.5. The fourth-order valence-electron chi connectivity index (χ4n) is 3.03. The van der Waals surface area contributed by atoms with Crippen LogP contribution >= 0.6 is 11.3 Å². The summed E-state index contributed by atoms with van der Waals surface area (Å²) in [6.07, 6.45) is 0.261. The molecule has 0 aliphatic heterocycles. The Morgan fingerprint density at radius 2 is 1.88 bits per heavy atom. The molecular formula is C21H18N4O6S2. The molecule has 4 aromatic rings. The third-order valence-electron chi connectivity index (χ3n) is 4.85. The van der Waals surface area contributed by atoms with Gasteiger partial charge in [-0.15, -0.1) is 16.4 Å². The number of non-ortho nitro benzene ring substituents is 1. The van der Waals surface area contributed by atoms with Gasteiger partial charge in [0.05, 0.1) is 26.4 Å². The number of hydrogen-bond donors (Lipinski definition) is 1. The van der Waals surface area contributed by atoms with Crippen LogP contribution in [-0.4, -0.2) is 34.7 Å². The number of rotatable bonds is 7. The Hall–Kier alpha value is -3.64. The Kier molecular flexibility index (Phi) is 5.95. The zero-order valence-electron chi connectivity index (χ0n) is 17.5. The average molecular weight is 487 g/mol. The summed E-state index contributed by atoms with van der Waals surface area (Å²) < 4.78 is 30.7. The van der Waals surface area contributed by atoms with Crippen LogP contribution in [0, 0.1) is 10.1 Å². The highest BCUT2D eigenvalue weighted by Crippen LogP contribution is 2.29. The zero-order chi connectivity index (χ0) is 23.8. The summed E-state index contributed by atoms with van der Waals surface area (Å²) >= 11 is 1.19. The molecule has 2 aromatic heterocycles. The van der Waals surface area contributed by atoms with E-state index in [1.54, 1.807) is 38.1 Å². The topological polar surface area (TPSA) is 145 Å². The molecule has 2 aromatic carbocycles. The van der Waals surface area contributed by atoms with Gasteiger partial charge in [-0.3, -0.25) is 20.2 Å². The fourth-order valence-corrected chi connectivity index (χ4v) is 5.03. The molecule has 170 valence electrons. The van der Waals surface area contributed by atoms with Crippen LogP contribution < -0.4 is 5.32 Å². The molecule has 2 heterocycles. The number of carbonyl (C=O) groups is 1. The molecule has 0 fully saturated rings. The SMILES string of the molecule is CC(C)S(=O)(=O)c1ccc(Cc2nnc(NC(=O)c3cc4cc([N+](=O)[O-])ccc4s3)o2)cc1. The number of thiophene rings is 1. The minimum absolute atomic E-state index is 0.0522. The van der Waals surface area contributed by atoms with Gasteiger partial charge in [-0.25, -0.2) is 8.42 Å². The first-order valence-corrected chi connectivity index (χ1v) is 12.1. The van der Waals surface area contributed by atoms with E-state index >= 15 is 0 Å². The van der Waals surface area contributed by atoms with Gasteiger partial charge in [0.15, 0.2) is 9.84 Å². The zero-order valence-corrected chi connectivity index (χ0v) is 19.1. The molecule has 10 nitrogen and oxygen atoms in total. The van der Waals surface area contributed by atoms with E-state index < -0.39 is 25.9 Å². The van der Waals surface area contributed by atoms with E-state index in [0.29, 0.717) is 10.3 Å². The molecule has 0 spiro atoms. The van der Waals surface area contributed by atoms with E-state index in [2.05, 4.69) is 15.5 Å². The van der Waals surface area contributed by atoms with Crippen molar-refractivity contribution in [3.05, 3.63) is 75.0 Å². The Morgan fingerprint density at radius 1 is 1.15 bits per heavy atom. The van der Waals surface area contributed by atoms with Gasteiger partial charge < -0.3 is 4.42 Å². The van der Waals surface area contributed by atoms with Gasteiger partial charge in [-0.1, -0.05) is 17.2 Å². The van der Waals surface area contributed by atoms with Crippen molar-refractivity contribution in [2.45, 2.75) is 30.4 Å². The number of sulfone groups is 1. The molecule has 33 heavy (non-hydrogen) atoms. The Morgan fingerprint density at radius 3 is 2.55 bits per heavy atom. The lowest BCUT2D eigenvalue weighted by Crippen LogP contribution is -2.13. The van der Waals surface area contributed by atoms with E-state index in [4.69, 9.17) is 4.42 Å². The van der Waals surface area contributed by atoms with Crippen LogP contribution in [0.5, 0.6) is 0 Å². The Labute approximate surface area is 192 Å². The maximum absolute atomic E-state index is 12.5. The van der Waals surface area contributed by atoms with Gasteiger partial charge in [-0.05, 0) is 43.7 Å². The van der Waals surface area contributed by atoms with Crippen LogP contribution in [0.25, 0.3) is 10.1 Å². The molecule has 0 saturated heterocycles. The van der Waals surface area contributed by atoms with Gasteiger partial charge in [-0.2, -0.15) is 0 Å². The minimum Gasteiger partial charge on any atom is -0.407 e. The molecule has 1 amide bonds. The first-order chi connectivity index (χ1) is 15.6. The monoisotopic (exact) mass is 486 g/mol. The number of nitrogens with one attached hydrogen (secondary N) is 1. The number of aromatic nitrogens is 2. The second-order valence-corrected chi connectivity index (χ2v) is 11.0.